The Labute approximate surface area is 76.4 Å². The predicted molar refractivity (Wildman–Crippen MR) is 47.4 cm³/mol. The van der Waals surface area contributed by atoms with Gasteiger partial charge in [0.2, 0.25) is 0 Å². The first kappa shape index (κ1) is 9.73. The SMILES string of the molecule is Cc1nn(C)cc1C(=O)NCCO. The topological polar surface area (TPSA) is 67.2 Å². The molecule has 0 aliphatic rings. The molecule has 0 spiro atoms. The smallest absolute Gasteiger partial charge is 0.254 e. The molecule has 1 rings (SSSR count). The number of aliphatic hydroxyl groups excluding tert-OH is 1. The standard InChI is InChI=1S/C8H13N3O2/c1-6-7(5-11(2)10-6)8(13)9-3-4-12/h5,12H,3-4H2,1-2H3,(H,9,13). The molecule has 0 aromatic carbocycles. The Hall–Kier alpha value is -1.36. The zero-order valence-electron chi connectivity index (χ0n) is 7.74. The number of carbonyl (C=O) groups excluding carboxylic acids is 1. The van der Waals surface area contributed by atoms with Crippen molar-refractivity contribution in [3.05, 3.63) is 17.5 Å². The average Bonchev–Trinajstić information content (AvgIpc) is 2.41. The summed E-state index contributed by atoms with van der Waals surface area (Å²) < 4.78 is 1.59. The van der Waals surface area contributed by atoms with Crippen molar-refractivity contribution in [3.63, 3.8) is 0 Å². The Balaban J connectivity index is 2.70. The lowest BCUT2D eigenvalue weighted by Crippen LogP contribution is -2.26. The van der Waals surface area contributed by atoms with Gasteiger partial charge in [0, 0.05) is 19.8 Å². The number of nitrogens with one attached hydrogen (secondary N) is 1. The van der Waals surface area contributed by atoms with Crippen molar-refractivity contribution in [2.45, 2.75) is 6.92 Å². The van der Waals surface area contributed by atoms with Gasteiger partial charge >= 0.3 is 0 Å². The molecule has 5 nitrogen and oxygen atoms in total. The lowest BCUT2D eigenvalue weighted by Gasteiger charge is -2.00. The number of hydrogen-bond acceptors (Lipinski definition) is 3. The molecule has 0 unspecified atom stereocenters. The van der Waals surface area contributed by atoms with Gasteiger partial charge in [-0.25, -0.2) is 0 Å². The molecule has 0 radical (unpaired) electrons. The number of carbonyl (C=O) groups is 1. The van der Waals surface area contributed by atoms with E-state index in [9.17, 15) is 4.79 Å². The maximum Gasteiger partial charge on any atom is 0.254 e. The summed E-state index contributed by atoms with van der Waals surface area (Å²) in [5, 5.41) is 15.1. The number of amides is 1. The Morgan fingerprint density at radius 1 is 1.77 bits per heavy atom. The van der Waals surface area contributed by atoms with Crippen molar-refractivity contribution in [2.24, 2.45) is 7.05 Å². The molecule has 0 aliphatic carbocycles. The lowest BCUT2D eigenvalue weighted by atomic mass is 10.2. The number of aromatic nitrogens is 2. The summed E-state index contributed by atoms with van der Waals surface area (Å²) in [6.45, 7) is 1.99. The number of hydrogen-bond donors (Lipinski definition) is 2. The van der Waals surface area contributed by atoms with Crippen LogP contribution in [0.4, 0.5) is 0 Å². The van der Waals surface area contributed by atoms with E-state index in [1.165, 1.54) is 0 Å². The fourth-order valence-electron chi connectivity index (χ4n) is 1.09. The summed E-state index contributed by atoms with van der Waals surface area (Å²) in [7, 11) is 1.76. The Morgan fingerprint density at radius 3 is 2.92 bits per heavy atom. The first-order valence-corrected chi connectivity index (χ1v) is 4.04. The van der Waals surface area contributed by atoms with Crippen LogP contribution < -0.4 is 5.32 Å². The van der Waals surface area contributed by atoms with E-state index in [4.69, 9.17) is 5.11 Å². The van der Waals surface area contributed by atoms with E-state index in [1.807, 2.05) is 0 Å². The highest BCUT2D eigenvalue weighted by atomic mass is 16.3. The van der Waals surface area contributed by atoms with Crippen molar-refractivity contribution < 1.29 is 9.90 Å². The monoisotopic (exact) mass is 183 g/mol. The number of aryl methyl sites for hydroxylation is 2. The summed E-state index contributed by atoms with van der Waals surface area (Å²) in [4.78, 5) is 11.4. The Morgan fingerprint density at radius 2 is 2.46 bits per heavy atom. The molecular formula is C8H13N3O2. The molecule has 0 bridgehead atoms. The van der Waals surface area contributed by atoms with Crippen LogP contribution in [0.25, 0.3) is 0 Å². The molecule has 1 aromatic heterocycles. The predicted octanol–water partition coefficient (Wildman–Crippen LogP) is -0.549. The normalized spacial score (nSPS) is 10.1. The molecule has 0 atom stereocenters. The number of aliphatic hydroxyl groups is 1. The van der Waals surface area contributed by atoms with Crippen LogP contribution in [0.3, 0.4) is 0 Å². The zero-order chi connectivity index (χ0) is 9.84. The van der Waals surface area contributed by atoms with Crippen LogP contribution in [0, 0.1) is 6.92 Å². The molecule has 13 heavy (non-hydrogen) atoms. The molecule has 1 aromatic rings. The summed E-state index contributed by atoms with van der Waals surface area (Å²) in [6.07, 6.45) is 1.65. The van der Waals surface area contributed by atoms with E-state index in [1.54, 1.807) is 24.9 Å². The summed E-state index contributed by atoms with van der Waals surface area (Å²) in [5.74, 6) is -0.195. The fraction of sp³-hybridized carbons (Fsp3) is 0.500. The summed E-state index contributed by atoms with van der Waals surface area (Å²) >= 11 is 0. The Bertz CT molecular complexity index is 306. The van der Waals surface area contributed by atoms with Gasteiger partial charge in [0.25, 0.3) is 5.91 Å². The van der Waals surface area contributed by atoms with E-state index >= 15 is 0 Å². The van der Waals surface area contributed by atoms with Gasteiger partial charge < -0.3 is 10.4 Å². The van der Waals surface area contributed by atoms with E-state index in [-0.39, 0.29) is 19.1 Å². The van der Waals surface area contributed by atoms with Crippen molar-refractivity contribution in [1.29, 1.82) is 0 Å². The van der Waals surface area contributed by atoms with Crippen molar-refractivity contribution in [1.82, 2.24) is 15.1 Å². The molecule has 0 aliphatic heterocycles. The quantitative estimate of drug-likeness (QED) is 0.660. The molecule has 1 heterocycles. The first-order chi connectivity index (χ1) is 6.15. The van der Waals surface area contributed by atoms with Crippen LogP contribution >= 0.6 is 0 Å². The van der Waals surface area contributed by atoms with Gasteiger partial charge in [-0.15, -0.1) is 0 Å². The largest absolute Gasteiger partial charge is 0.395 e. The van der Waals surface area contributed by atoms with E-state index in [2.05, 4.69) is 10.4 Å². The highest BCUT2D eigenvalue weighted by Gasteiger charge is 2.10. The van der Waals surface area contributed by atoms with Crippen LogP contribution in [0.5, 0.6) is 0 Å². The summed E-state index contributed by atoms with van der Waals surface area (Å²) in [6, 6.07) is 0. The maximum atomic E-state index is 11.4. The third-order valence-electron chi connectivity index (χ3n) is 1.66. The van der Waals surface area contributed by atoms with E-state index in [0.29, 0.717) is 11.3 Å². The minimum absolute atomic E-state index is 0.0505. The van der Waals surface area contributed by atoms with Gasteiger partial charge in [0.15, 0.2) is 0 Å². The molecule has 0 fully saturated rings. The maximum absolute atomic E-state index is 11.4. The van der Waals surface area contributed by atoms with Crippen LogP contribution in [-0.2, 0) is 7.05 Å². The van der Waals surface area contributed by atoms with Crippen LogP contribution in [0.15, 0.2) is 6.20 Å². The highest BCUT2D eigenvalue weighted by Crippen LogP contribution is 2.03. The van der Waals surface area contributed by atoms with Crippen LogP contribution in [0.1, 0.15) is 16.1 Å². The third-order valence-corrected chi connectivity index (χ3v) is 1.66. The van der Waals surface area contributed by atoms with Gasteiger partial charge in [0.1, 0.15) is 0 Å². The van der Waals surface area contributed by atoms with Gasteiger partial charge in [-0.3, -0.25) is 9.48 Å². The minimum atomic E-state index is -0.195. The Kier molecular flexibility index (Phi) is 3.02. The molecular weight excluding hydrogens is 170 g/mol. The molecule has 0 saturated carbocycles. The fourth-order valence-corrected chi connectivity index (χ4v) is 1.09. The molecule has 0 saturated heterocycles. The highest BCUT2D eigenvalue weighted by molar-refractivity contribution is 5.94. The second kappa shape index (κ2) is 4.04. The number of rotatable bonds is 3. The van der Waals surface area contributed by atoms with Crippen molar-refractivity contribution in [2.75, 3.05) is 13.2 Å². The minimum Gasteiger partial charge on any atom is -0.395 e. The third kappa shape index (κ3) is 2.29. The van der Waals surface area contributed by atoms with Gasteiger partial charge in [-0.05, 0) is 6.92 Å². The molecule has 1 amide bonds. The van der Waals surface area contributed by atoms with E-state index in [0.717, 1.165) is 0 Å². The molecule has 72 valence electrons. The first-order valence-electron chi connectivity index (χ1n) is 4.04. The molecule has 2 N–H and O–H groups in total. The lowest BCUT2D eigenvalue weighted by molar-refractivity contribution is 0.0944. The van der Waals surface area contributed by atoms with Crippen LogP contribution in [-0.4, -0.2) is 33.9 Å². The van der Waals surface area contributed by atoms with Gasteiger partial charge in [0.05, 0.1) is 17.9 Å². The van der Waals surface area contributed by atoms with Gasteiger partial charge in [-0.1, -0.05) is 0 Å². The second-order valence-corrected chi connectivity index (χ2v) is 2.78. The van der Waals surface area contributed by atoms with Gasteiger partial charge in [-0.2, -0.15) is 5.10 Å². The zero-order valence-corrected chi connectivity index (χ0v) is 7.74. The van der Waals surface area contributed by atoms with Crippen LogP contribution in [0.2, 0.25) is 0 Å². The van der Waals surface area contributed by atoms with E-state index < -0.39 is 0 Å². The molecule has 5 heteroatoms. The second-order valence-electron chi connectivity index (χ2n) is 2.78. The van der Waals surface area contributed by atoms with Crippen molar-refractivity contribution >= 4 is 5.91 Å². The number of nitrogens with zero attached hydrogens (tertiary/aromatic N) is 2. The van der Waals surface area contributed by atoms with Crippen molar-refractivity contribution in [3.8, 4) is 0 Å². The summed E-state index contributed by atoms with van der Waals surface area (Å²) in [5.41, 5.74) is 1.24. The average molecular weight is 183 g/mol.